The highest BCUT2D eigenvalue weighted by Gasteiger charge is 2.14. The Morgan fingerprint density at radius 1 is 1.15 bits per heavy atom. The summed E-state index contributed by atoms with van der Waals surface area (Å²) in [5, 5.41) is 4.80. The van der Waals surface area contributed by atoms with Crippen molar-refractivity contribution < 1.29 is 0 Å². The van der Waals surface area contributed by atoms with Crippen molar-refractivity contribution in [1.29, 1.82) is 0 Å². The first-order chi connectivity index (χ1) is 12.4. The Morgan fingerprint density at radius 2 is 1.85 bits per heavy atom. The lowest BCUT2D eigenvalue weighted by molar-refractivity contribution is 0.264. The van der Waals surface area contributed by atoms with Gasteiger partial charge in [0.05, 0.1) is 6.54 Å². The van der Waals surface area contributed by atoms with E-state index in [4.69, 9.17) is 12.2 Å². The second-order valence-electron chi connectivity index (χ2n) is 6.67. The summed E-state index contributed by atoms with van der Waals surface area (Å²) >= 11 is 5.47. The highest BCUT2D eigenvalue weighted by molar-refractivity contribution is 7.80. The Balaban J connectivity index is 2.31. The summed E-state index contributed by atoms with van der Waals surface area (Å²) in [7, 11) is 1.82. The van der Waals surface area contributed by atoms with Gasteiger partial charge in [0, 0.05) is 36.6 Å². The number of aromatic nitrogens is 1. The van der Waals surface area contributed by atoms with E-state index in [0.717, 1.165) is 48.2 Å². The number of rotatable bonds is 7. The van der Waals surface area contributed by atoms with Gasteiger partial charge in [0.1, 0.15) is 0 Å². The number of aromatic amines is 1. The van der Waals surface area contributed by atoms with Crippen molar-refractivity contribution in [2.75, 3.05) is 33.2 Å². The molecule has 2 rings (SSSR count). The minimum atomic E-state index is -0.0470. The van der Waals surface area contributed by atoms with Gasteiger partial charge in [-0.05, 0) is 62.4 Å². The van der Waals surface area contributed by atoms with E-state index >= 15 is 0 Å². The summed E-state index contributed by atoms with van der Waals surface area (Å²) in [6, 6.07) is 6.16. The topological polar surface area (TPSA) is 51.4 Å². The largest absolute Gasteiger partial charge is 0.366 e. The Bertz CT molecular complexity index is 826. The van der Waals surface area contributed by atoms with Crippen LogP contribution in [0.25, 0.3) is 10.9 Å². The lowest BCUT2D eigenvalue weighted by atomic mass is 10.0. The molecule has 0 atom stereocenters. The van der Waals surface area contributed by atoms with Gasteiger partial charge in [-0.1, -0.05) is 19.9 Å². The van der Waals surface area contributed by atoms with E-state index in [2.05, 4.69) is 46.9 Å². The molecule has 2 aromatic rings. The zero-order chi connectivity index (χ0) is 19.3. The molecule has 0 saturated heterocycles. The summed E-state index contributed by atoms with van der Waals surface area (Å²) in [4.78, 5) is 20.0. The minimum Gasteiger partial charge on any atom is -0.366 e. The molecule has 0 aliphatic carbocycles. The molecule has 0 aliphatic rings. The fraction of sp³-hybridized carbons (Fsp3) is 0.500. The highest BCUT2D eigenvalue weighted by Crippen LogP contribution is 2.19. The third-order valence-corrected chi connectivity index (χ3v) is 5.29. The number of nitrogens with one attached hydrogen (secondary N) is 2. The van der Waals surface area contributed by atoms with Crippen molar-refractivity contribution in [3.8, 4) is 0 Å². The van der Waals surface area contributed by atoms with Crippen molar-refractivity contribution in [3.63, 3.8) is 0 Å². The number of thiocarbonyl (C=S) groups is 1. The van der Waals surface area contributed by atoms with Gasteiger partial charge >= 0.3 is 0 Å². The van der Waals surface area contributed by atoms with E-state index in [9.17, 15) is 4.79 Å². The van der Waals surface area contributed by atoms with E-state index < -0.39 is 0 Å². The molecule has 0 amide bonds. The summed E-state index contributed by atoms with van der Waals surface area (Å²) < 4.78 is 0. The maximum atomic E-state index is 12.6. The minimum absolute atomic E-state index is 0.0470. The molecule has 1 heterocycles. The lowest BCUT2D eigenvalue weighted by Gasteiger charge is -2.28. The van der Waals surface area contributed by atoms with E-state index in [-0.39, 0.29) is 5.56 Å². The van der Waals surface area contributed by atoms with Crippen molar-refractivity contribution >= 4 is 28.2 Å². The Kier molecular flexibility index (Phi) is 7.17. The highest BCUT2D eigenvalue weighted by atomic mass is 32.1. The third-order valence-electron chi connectivity index (χ3n) is 4.83. The van der Waals surface area contributed by atoms with Crippen LogP contribution in [0.1, 0.15) is 30.5 Å². The maximum Gasteiger partial charge on any atom is 0.253 e. The van der Waals surface area contributed by atoms with Crippen LogP contribution in [0.2, 0.25) is 0 Å². The molecule has 0 aliphatic heterocycles. The first-order valence-electron chi connectivity index (χ1n) is 9.21. The molecule has 1 aromatic heterocycles. The SMILES string of the molecule is CCN(CC)CCN(Cc1cc2c(C)cc(C)cc2[nH]c1=O)C(=S)NC. The van der Waals surface area contributed by atoms with E-state index in [1.807, 2.05) is 26.1 Å². The van der Waals surface area contributed by atoms with E-state index in [1.54, 1.807) is 0 Å². The van der Waals surface area contributed by atoms with Gasteiger partial charge in [0.15, 0.2) is 5.11 Å². The van der Waals surface area contributed by atoms with Crippen molar-refractivity contribution in [1.82, 2.24) is 20.1 Å². The number of nitrogens with zero attached hydrogens (tertiary/aromatic N) is 2. The number of benzene rings is 1. The van der Waals surface area contributed by atoms with Gasteiger partial charge in [-0.3, -0.25) is 4.79 Å². The summed E-state index contributed by atoms with van der Waals surface area (Å²) in [5.41, 5.74) is 3.90. The van der Waals surface area contributed by atoms with Gasteiger partial charge < -0.3 is 20.1 Å². The summed E-state index contributed by atoms with van der Waals surface area (Å²) in [5.74, 6) is 0. The normalized spacial score (nSPS) is 11.2. The molecular formula is C20H30N4OS. The standard InChI is InChI=1S/C20H30N4OS/c1-6-23(7-2)8-9-24(20(26)21-5)13-16-12-17-15(4)10-14(3)11-18(17)22-19(16)25/h10-12H,6-9,13H2,1-5H3,(H,21,26)(H,22,25). The Labute approximate surface area is 161 Å². The van der Waals surface area contributed by atoms with Gasteiger partial charge in [-0.15, -0.1) is 0 Å². The molecule has 6 heteroatoms. The number of pyridine rings is 1. The molecule has 0 fully saturated rings. The molecule has 1 aromatic carbocycles. The van der Waals surface area contributed by atoms with Gasteiger partial charge in [0.25, 0.3) is 5.56 Å². The Hall–Kier alpha value is -1.92. The van der Waals surface area contributed by atoms with Crippen LogP contribution >= 0.6 is 12.2 Å². The molecule has 0 bridgehead atoms. The van der Waals surface area contributed by atoms with Gasteiger partial charge in [-0.2, -0.15) is 0 Å². The summed E-state index contributed by atoms with van der Waals surface area (Å²) in [6.07, 6.45) is 0. The predicted octanol–water partition coefficient (Wildman–Crippen LogP) is 2.79. The second kappa shape index (κ2) is 9.14. The molecule has 0 unspecified atom stereocenters. The molecular weight excluding hydrogens is 344 g/mol. The number of hydrogen-bond acceptors (Lipinski definition) is 3. The molecule has 0 spiro atoms. The third kappa shape index (κ3) is 4.83. The fourth-order valence-electron chi connectivity index (χ4n) is 3.25. The quantitative estimate of drug-likeness (QED) is 0.730. The molecule has 5 nitrogen and oxygen atoms in total. The van der Waals surface area contributed by atoms with Crippen LogP contribution in [0.4, 0.5) is 0 Å². The number of likely N-dealkylation sites (N-methyl/N-ethyl adjacent to an activating group) is 1. The number of aryl methyl sites for hydroxylation is 2. The Morgan fingerprint density at radius 3 is 2.46 bits per heavy atom. The van der Waals surface area contributed by atoms with E-state index in [0.29, 0.717) is 11.7 Å². The first kappa shape index (κ1) is 20.4. The van der Waals surface area contributed by atoms with Crippen molar-refractivity contribution in [3.05, 3.63) is 45.2 Å². The van der Waals surface area contributed by atoms with Crippen LogP contribution < -0.4 is 10.9 Å². The van der Waals surface area contributed by atoms with Crippen LogP contribution in [0, 0.1) is 13.8 Å². The first-order valence-corrected chi connectivity index (χ1v) is 9.62. The van der Waals surface area contributed by atoms with Crippen LogP contribution in [0.3, 0.4) is 0 Å². The van der Waals surface area contributed by atoms with Gasteiger partial charge in [0.2, 0.25) is 0 Å². The van der Waals surface area contributed by atoms with Gasteiger partial charge in [-0.25, -0.2) is 0 Å². The molecule has 2 N–H and O–H groups in total. The number of fused-ring (bicyclic) bond motifs is 1. The van der Waals surface area contributed by atoms with Crippen LogP contribution in [-0.4, -0.2) is 53.1 Å². The lowest BCUT2D eigenvalue weighted by Crippen LogP contribution is -2.43. The zero-order valence-electron chi connectivity index (χ0n) is 16.5. The summed E-state index contributed by atoms with van der Waals surface area (Å²) in [6.45, 7) is 12.6. The molecule has 142 valence electrons. The zero-order valence-corrected chi connectivity index (χ0v) is 17.3. The van der Waals surface area contributed by atoms with Crippen LogP contribution in [0.15, 0.2) is 23.0 Å². The molecule has 0 radical (unpaired) electrons. The number of H-pyrrole nitrogens is 1. The monoisotopic (exact) mass is 374 g/mol. The maximum absolute atomic E-state index is 12.6. The predicted molar refractivity (Wildman–Crippen MR) is 114 cm³/mol. The fourth-order valence-corrected chi connectivity index (χ4v) is 3.41. The average molecular weight is 375 g/mol. The van der Waals surface area contributed by atoms with Crippen molar-refractivity contribution in [2.24, 2.45) is 0 Å². The smallest absolute Gasteiger partial charge is 0.253 e. The average Bonchev–Trinajstić information content (AvgIpc) is 2.61. The second-order valence-corrected chi connectivity index (χ2v) is 7.06. The van der Waals surface area contributed by atoms with E-state index in [1.165, 1.54) is 5.56 Å². The van der Waals surface area contributed by atoms with Crippen LogP contribution in [0.5, 0.6) is 0 Å². The molecule has 26 heavy (non-hydrogen) atoms. The van der Waals surface area contributed by atoms with Crippen LogP contribution in [-0.2, 0) is 6.54 Å². The number of hydrogen-bond donors (Lipinski definition) is 2. The molecule has 0 saturated carbocycles. The van der Waals surface area contributed by atoms with Crippen molar-refractivity contribution in [2.45, 2.75) is 34.2 Å².